The van der Waals surface area contributed by atoms with Gasteiger partial charge in [-0.3, -0.25) is 91.1 Å². The molecule has 0 aromatic rings. The number of carboxylic acid groups (broad SMARTS) is 19. The van der Waals surface area contributed by atoms with E-state index in [9.17, 15) is 91.1 Å². The highest BCUT2D eigenvalue weighted by atomic mass is 16.4. The quantitative estimate of drug-likeness (QED) is 0.0255. The summed E-state index contributed by atoms with van der Waals surface area (Å²) in [6.45, 7) is 56.8. The summed E-state index contributed by atoms with van der Waals surface area (Å²) in [7, 11) is 0. The molecule has 0 aliphatic carbocycles. The molecule has 1 rings (SSSR count). The minimum Gasteiger partial charge on any atom is -0.481 e. The lowest BCUT2D eigenvalue weighted by Crippen LogP contribution is -2.43. The van der Waals surface area contributed by atoms with E-state index in [-0.39, 0.29) is 66.8 Å². The van der Waals surface area contributed by atoms with Crippen LogP contribution in [-0.2, 0) is 91.1 Å². The molecule has 139 heavy (non-hydrogen) atoms. The Morgan fingerprint density at radius 2 is 0.691 bits per heavy atom. The molecule has 45 heteroatoms. The number of aliphatic hydroxyl groups is 2. The molecule has 0 bridgehead atoms. The van der Waals surface area contributed by atoms with Crippen molar-refractivity contribution in [1.29, 1.82) is 0 Å². The van der Waals surface area contributed by atoms with Crippen LogP contribution in [0.2, 0.25) is 0 Å². The first-order chi connectivity index (χ1) is 62.6. The van der Waals surface area contributed by atoms with Gasteiger partial charge in [-0.25, -0.2) is 0 Å². The molecule has 1 aliphatic heterocycles. The monoisotopic (exact) mass is 2030 g/mol. The molecule has 0 spiro atoms. The van der Waals surface area contributed by atoms with Gasteiger partial charge in [-0.1, -0.05) is 218 Å². The van der Waals surface area contributed by atoms with Crippen LogP contribution >= 0.6 is 0 Å². The molecule has 0 radical (unpaired) electrons. The number of rotatable bonds is 38. The normalized spacial score (nSPS) is 13.0. The van der Waals surface area contributed by atoms with Crippen LogP contribution in [0.4, 0.5) is 0 Å². The highest BCUT2D eigenvalue weighted by molar-refractivity contribution is 5.78. The van der Waals surface area contributed by atoms with Gasteiger partial charge >= 0.3 is 113 Å². The second-order valence-electron chi connectivity index (χ2n) is 35.6. The van der Waals surface area contributed by atoms with E-state index < -0.39 is 165 Å². The minimum atomic E-state index is -1.04. The smallest absolute Gasteiger partial charge is 0.323 e. The van der Waals surface area contributed by atoms with E-state index in [0.717, 1.165) is 70.6 Å². The lowest BCUT2D eigenvalue weighted by atomic mass is 9.89. The zero-order valence-corrected chi connectivity index (χ0v) is 89.4. The molecular formula is C94H191N5O40. The molecule has 30 N–H and O–H groups in total. The molecule has 1 aliphatic rings. The molecule has 45 nitrogen and oxygen atoms in total. The van der Waals surface area contributed by atoms with Crippen molar-refractivity contribution in [1.82, 2.24) is 5.32 Å². The summed E-state index contributed by atoms with van der Waals surface area (Å²) < 4.78 is 0. The van der Waals surface area contributed by atoms with Crippen molar-refractivity contribution in [3.63, 3.8) is 0 Å². The number of hydrogen-bond donors (Lipinski definition) is 26. The Bertz CT molecular complexity index is 3090. The SMILES string of the molecule is CC(C)(C)C(=O)O.CC(C)(C)CC(=O)O.CC(C)C(=O)O.CC(C)C(=O)O.CC(C)C(=O)O.CC(C)C(N)C(=O)O.CC(C)CC(=O)O.CCC(=O)O.CCC(C)(C)C(=O)O.CCC(C)(CO)C(=O)O.CCC(C)(N)C(=O)O.CCC(C)C(=O)O.CCC(N)C(=O)O.CCCC(=O)O.CCCC(N)C(=O)O.CCCCC(=O)O.CCCCCC(=O)O.CCCCCCC(=O)O.O=C(O)C1NCCC1O. The van der Waals surface area contributed by atoms with Gasteiger partial charge < -0.3 is 135 Å². The molecule has 1 heterocycles. The van der Waals surface area contributed by atoms with Gasteiger partial charge in [0.15, 0.2) is 0 Å². The third kappa shape index (κ3) is 174. The number of hydrogen-bond acceptors (Lipinski definition) is 26. The molecule has 8 atom stereocenters. The molecule has 0 amide bonds. The highest BCUT2D eigenvalue weighted by Gasteiger charge is 2.31. The maximum Gasteiger partial charge on any atom is 0.323 e. The molecule has 8 unspecified atom stereocenters. The summed E-state index contributed by atoms with van der Waals surface area (Å²) >= 11 is 0. The van der Waals surface area contributed by atoms with Gasteiger partial charge in [-0.15, -0.1) is 0 Å². The van der Waals surface area contributed by atoms with Crippen LogP contribution < -0.4 is 28.3 Å². The Hall–Kier alpha value is -10.3. The molecule has 1 fully saturated rings. The molecule has 0 aromatic heterocycles. The molecule has 0 saturated carbocycles. The van der Waals surface area contributed by atoms with Crippen LogP contribution in [0, 0.1) is 57.2 Å². The van der Waals surface area contributed by atoms with E-state index in [1.165, 1.54) is 20.3 Å². The molecule has 832 valence electrons. The standard InChI is InChI=1S/C7H14O2.C6H12O3.3C6H12O2.C5H9NO3.3C5H11NO2.4C5H10O2.C4H9NO2.4C4H8O2.C3H6O2/c1-2-3-4-5-6-7(8)9;1-3-6(2,4-7)5(8)9;1-6(2,3)4-5(7)8;1-4-6(2,3)5(7)8;1-2-3-4-5-6(7)8;7-3-1-2-6-4(3)5(8)9;1-3-5(2,6)4(7)8;1-3(2)4(6)5(7)8;1-2-3-4(6)5(7)8;1-5(2,3)4(6)7;1-4(2)3-5(6)7;1-3-4(2)5(6)7;1-2-3-4-5(6)7;1-2-3(5)4(6)7;3*1-3(2)4(5)6;1-2-3-4(5)6;1-2-3(4)5/h2-6H2,1H3,(H,8,9);7H,3-4H2,1-2H3,(H,8,9);2*4H2,1-3H3,(H,7,8);2-5H2,1H3,(H,7,8);3-4,6-7H,1-2H2,(H,8,9);3,6H2,1-2H3,(H,7,8);3-4H,6H2,1-2H3,(H,7,8);4H,2-3,6H2,1H3,(H,7,8);1-3H3,(H,6,7);2*4H,3H2,1-2H3,(H,6,7);2-4H2,1H3,(H,6,7);3H,2,5H2,1H3,(H,6,7);3*3H,1-2H3,(H,5,6);2-3H2,1H3,(H,5,6);2H2,1H3,(H,4,5). The number of aliphatic hydroxyl groups excluding tert-OH is 2. The predicted molar refractivity (Wildman–Crippen MR) is 528 cm³/mol. The first-order valence-electron chi connectivity index (χ1n) is 46.0. The zero-order chi connectivity index (χ0) is 116. The number of nitrogens with one attached hydrogen (secondary N) is 1. The van der Waals surface area contributed by atoms with Crippen LogP contribution in [0.15, 0.2) is 0 Å². The maximum atomic E-state index is 10.3. The van der Waals surface area contributed by atoms with Crippen LogP contribution in [0.1, 0.15) is 382 Å². The Labute approximate surface area is 824 Å². The fraction of sp³-hybridized carbons (Fsp3) is 0.798. The second kappa shape index (κ2) is 108. The molecule has 0 aromatic carbocycles. The van der Waals surface area contributed by atoms with Crippen LogP contribution in [0.3, 0.4) is 0 Å². The van der Waals surface area contributed by atoms with E-state index in [1.54, 1.807) is 125 Å². The summed E-state index contributed by atoms with van der Waals surface area (Å²) in [6.07, 6.45) is 15.7. The lowest BCUT2D eigenvalue weighted by Gasteiger charge is -2.18. The van der Waals surface area contributed by atoms with Gasteiger partial charge in [0.05, 0.1) is 59.0 Å². The third-order valence-corrected chi connectivity index (χ3v) is 16.6. The minimum absolute atomic E-state index is 0.0208. The van der Waals surface area contributed by atoms with Gasteiger partial charge in [0, 0.05) is 38.5 Å². The predicted octanol–water partition coefficient (Wildman–Crippen LogP) is 14.4. The fourth-order valence-electron chi connectivity index (χ4n) is 5.22. The maximum absolute atomic E-state index is 10.3. The van der Waals surface area contributed by atoms with Gasteiger partial charge in [-0.2, -0.15) is 0 Å². The first-order valence-corrected chi connectivity index (χ1v) is 46.0. The summed E-state index contributed by atoms with van der Waals surface area (Å²) in [5.41, 5.74) is 17.4. The largest absolute Gasteiger partial charge is 0.481 e. The van der Waals surface area contributed by atoms with Crippen molar-refractivity contribution >= 4 is 113 Å². The van der Waals surface area contributed by atoms with E-state index >= 15 is 0 Å². The number of unbranched alkanes of at least 4 members (excludes halogenated alkanes) is 6. The van der Waals surface area contributed by atoms with E-state index in [1.807, 2.05) is 69.2 Å². The van der Waals surface area contributed by atoms with Crippen LogP contribution in [0.25, 0.3) is 0 Å². The molecule has 1 saturated heterocycles. The average Bonchev–Trinajstić information content (AvgIpc) is 1.13. The average molecular weight is 2030 g/mol. The Kier molecular flexibility index (Phi) is 133. The first kappa shape index (κ1) is 171. The summed E-state index contributed by atoms with van der Waals surface area (Å²) in [5, 5.41) is 175. The molecular weight excluding hydrogens is 1840 g/mol. The van der Waals surface area contributed by atoms with Crippen molar-refractivity contribution in [2.45, 2.75) is 418 Å². The van der Waals surface area contributed by atoms with E-state index in [4.69, 9.17) is 130 Å². The van der Waals surface area contributed by atoms with Gasteiger partial charge in [-0.05, 0) is 143 Å². The zero-order valence-electron chi connectivity index (χ0n) is 89.4. The Morgan fingerprint density at radius 1 is 0.360 bits per heavy atom. The van der Waals surface area contributed by atoms with E-state index in [0.29, 0.717) is 70.8 Å². The number of nitrogens with two attached hydrogens (primary N) is 4. The van der Waals surface area contributed by atoms with Crippen molar-refractivity contribution in [3.8, 4) is 0 Å². The highest BCUT2D eigenvalue weighted by Crippen LogP contribution is 2.21. The van der Waals surface area contributed by atoms with E-state index in [2.05, 4.69) is 19.2 Å². The van der Waals surface area contributed by atoms with Crippen molar-refractivity contribution in [3.05, 3.63) is 0 Å². The Morgan fingerprint density at radius 3 is 0.763 bits per heavy atom. The summed E-state index contributed by atoms with van der Waals surface area (Å²) in [6, 6.07) is -2.81. The summed E-state index contributed by atoms with van der Waals surface area (Å²) in [5.74, 6) is -15.6. The fourth-order valence-corrected chi connectivity index (χ4v) is 5.22. The van der Waals surface area contributed by atoms with Crippen molar-refractivity contribution in [2.75, 3.05) is 13.2 Å². The lowest BCUT2D eigenvalue weighted by molar-refractivity contribution is -0.151. The van der Waals surface area contributed by atoms with Crippen LogP contribution in [-0.4, -0.2) is 270 Å². The Balaban J connectivity index is -0.0000000696. The second-order valence-corrected chi connectivity index (χ2v) is 35.6. The number of carboxylic acids is 19. The topological polar surface area (TPSA) is 865 Å². The summed E-state index contributed by atoms with van der Waals surface area (Å²) in [4.78, 5) is 188. The number of aliphatic carboxylic acids is 19. The van der Waals surface area contributed by atoms with Gasteiger partial charge in [0.2, 0.25) is 0 Å². The van der Waals surface area contributed by atoms with Gasteiger partial charge in [0.1, 0.15) is 29.7 Å². The van der Waals surface area contributed by atoms with Crippen LogP contribution in [0.5, 0.6) is 0 Å². The van der Waals surface area contributed by atoms with Crippen molar-refractivity contribution in [2.24, 2.45) is 80.1 Å². The van der Waals surface area contributed by atoms with Crippen molar-refractivity contribution < 1.29 is 198 Å². The third-order valence-electron chi connectivity index (χ3n) is 16.6. The number of carbonyl (C=O) groups is 19. The van der Waals surface area contributed by atoms with Gasteiger partial charge in [0.25, 0.3) is 0 Å².